The molecular formula is C15H19FN2O. The fraction of sp³-hybridized carbons (Fsp3) is 0.533. The van der Waals surface area contributed by atoms with E-state index in [0.29, 0.717) is 24.1 Å². The molecule has 2 unspecified atom stereocenters. The van der Waals surface area contributed by atoms with Gasteiger partial charge in [-0.15, -0.1) is 0 Å². The van der Waals surface area contributed by atoms with Crippen molar-refractivity contribution in [2.45, 2.75) is 32.4 Å². The molecule has 0 aliphatic carbocycles. The highest BCUT2D eigenvalue weighted by Gasteiger charge is 2.25. The van der Waals surface area contributed by atoms with Crippen LogP contribution in [0.3, 0.4) is 0 Å². The second-order valence-corrected chi connectivity index (χ2v) is 4.96. The molecule has 19 heavy (non-hydrogen) atoms. The lowest BCUT2D eigenvalue weighted by Crippen LogP contribution is -2.28. The van der Waals surface area contributed by atoms with Crippen LogP contribution in [0.5, 0.6) is 0 Å². The average molecular weight is 262 g/mol. The molecule has 0 radical (unpaired) electrons. The molecule has 2 rings (SSSR count). The standard InChI is InChI=1S/C15H19FN2O/c1-2-15-13(3-4-19-15)10-18-9-12-5-11(8-17)6-14(16)7-12/h5-7,13,15,18H,2-4,9-10H2,1H3. The molecule has 1 N–H and O–H groups in total. The second-order valence-electron chi connectivity index (χ2n) is 4.96. The summed E-state index contributed by atoms with van der Waals surface area (Å²) in [6, 6.07) is 6.41. The maximum Gasteiger partial charge on any atom is 0.124 e. The number of nitrogens with one attached hydrogen (secondary N) is 1. The summed E-state index contributed by atoms with van der Waals surface area (Å²) in [6.07, 6.45) is 2.46. The molecule has 0 spiro atoms. The maximum atomic E-state index is 13.3. The molecule has 1 fully saturated rings. The van der Waals surface area contributed by atoms with Gasteiger partial charge < -0.3 is 10.1 Å². The molecule has 0 amide bonds. The fourth-order valence-corrected chi connectivity index (χ4v) is 2.60. The topological polar surface area (TPSA) is 45.0 Å². The van der Waals surface area contributed by atoms with Crippen LogP contribution >= 0.6 is 0 Å². The minimum absolute atomic E-state index is 0.342. The molecule has 0 bridgehead atoms. The molecule has 3 nitrogen and oxygen atoms in total. The predicted octanol–water partition coefficient (Wildman–Crippen LogP) is 2.60. The number of hydrogen-bond donors (Lipinski definition) is 1. The van der Waals surface area contributed by atoms with Gasteiger partial charge in [-0.25, -0.2) is 4.39 Å². The van der Waals surface area contributed by atoms with Gasteiger partial charge in [0.2, 0.25) is 0 Å². The third-order valence-electron chi connectivity index (χ3n) is 3.57. The Bertz CT molecular complexity index is 470. The minimum Gasteiger partial charge on any atom is -0.378 e. The van der Waals surface area contributed by atoms with E-state index in [0.717, 1.165) is 31.6 Å². The predicted molar refractivity (Wildman–Crippen MR) is 71.0 cm³/mol. The highest BCUT2D eigenvalue weighted by Crippen LogP contribution is 2.22. The van der Waals surface area contributed by atoms with Gasteiger partial charge in [0.05, 0.1) is 17.7 Å². The fourth-order valence-electron chi connectivity index (χ4n) is 2.60. The Kier molecular flexibility index (Phi) is 4.89. The first-order chi connectivity index (χ1) is 9.22. The SMILES string of the molecule is CCC1OCCC1CNCc1cc(F)cc(C#N)c1. The summed E-state index contributed by atoms with van der Waals surface area (Å²) >= 11 is 0. The lowest BCUT2D eigenvalue weighted by molar-refractivity contribution is 0.0872. The third-order valence-corrected chi connectivity index (χ3v) is 3.57. The molecule has 1 aliphatic heterocycles. The number of ether oxygens (including phenoxy) is 1. The van der Waals surface area contributed by atoms with E-state index in [-0.39, 0.29) is 5.82 Å². The Morgan fingerprint density at radius 2 is 2.32 bits per heavy atom. The molecular weight excluding hydrogens is 243 g/mol. The van der Waals surface area contributed by atoms with Crippen molar-refractivity contribution in [3.05, 3.63) is 35.1 Å². The minimum atomic E-state index is -0.355. The summed E-state index contributed by atoms with van der Waals surface area (Å²) in [5.41, 5.74) is 1.18. The molecule has 1 aliphatic rings. The zero-order chi connectivity index (χ0) is 13.7. The van der Waals surface area contributed by atoms with Crippen LogP contribution in [0, 0.1) is 23.1 Å². The Morgan fingerprint density at radius 3 is 3.05 bits per heavy atom. The van der Waals surface area contributed by atoms with Crippen LogP contribution in [0.25, 0.3) is 0 Å². The second kappa shape index (κ2) is 6.65. The molecule has 1 heterocycles. The monoisotopic (exact) mass is 262 g/mol. The zero-order valence-electron chi connectivity index (χ0n) is 11.2. The van der Waals surface area contributed by atoms with Crippen molar-refractivity contribution >= 4 is 0 Å². The Balaban J connectivity index is 1.86. The van der Waals surface area contributed by atoms with Gasteiger partial charge in [0.1, 0.15) is 5.82 Å². The number of nitrogens with zero attached hydrogens (tertiary/aromatic N) is 1. The van der Waals surface area contributed by atoms with E-state index in [1.54, 1.807) is 6.07 Å². The van der Waals surface area contributed by atoms with Gasteiger partial charge in [-0.2, -0.15) is 5.26 Å². The quantitative estimate of drug-likeness (QED) is 0.887. The van der Waals surface area contributed by atoms with Gasteiger partial charge in [-0.3, -0.25) is 0 Å². The van der Waals surface area contributed by atoms with E-state index < -0.39 is 0 Å². The summed E-state index contributed by atoms with van der Waals surface area (Å²) in [5.74, 6) is 0.181. The molecule has 1 aromatic rings. The number of nitriles is 1. The molecule has 0 aromatic heterocycles. The number of benzene rings is 1. The number of hydrogen-bond acceptors (Lipinski definition) is 3. The van der Waals surface area contributed by atoms with Crippen molar-refractivity contribution in [3.8, 4) is 6.07 Å². The average Bonchev–Trinajstić information content (AvgIpc) is 2.85. The van der Waals surface area contributed by atoms with Gasteiger partial charge in [0.25, 0.3) is 0 Å². The van der Waals surface area contributed by atoms with E-state index >= 15 is 0 Å². The lowest BCUT2D eigenvalue weighted by Gasteiger charge is -2.17. The lowest BCUT2D eigenvalue weighted by atomic mass is 9.99. The van der Waals surface area contributed by atoms with Crippen LogP contribution in [0.2, 0.25) is 0 Å². The van der Waals surface area contributed by atoms with Crippen molar-refractivity contribution in [1.29, 1.82) is 5.26 Å². The van der Waals surface area contributed by atoms with Gasteiger partial charge in [-0.05, 0) is 42.5 Å². The zero-order valence-corrected chi connectivity index (χ0v) is 11.2. The smallest absolute Gasteiger partial charge is 0.124 e. The van der Waals surface area contributed by atoms with Gasteiger partial charge in [0, 0.05) is 19.7 Å². The van der Waals surface area contributed by atoms with E-state index in [2.05, 4.69) is 12.2 Å². The summed E-state index contributed by atoms with van der Waals surface area (Å²) in [4.78, 5) is 0. The normalized spacial score (nSPS) is 22.4. The molecule has 2 atom stereocenters. The van der Waals surface area contributed by atoms with Gasteiger partial charge >= 0.3 is 0 Å². The Hall–Kier alpha value is -1.44. The molecule has 1 aromatic carbocycles. The van der Waals surface area contributed by atoms with Gasteiger partial charge in [0.15, 0.2) is 0 Å². The largest absolute Gasteiger partial charge is 0.378 e. The van der Waals surface area contributed by atoms with Crippen LogP contribution in [0.15, 0.2) is 18.2 Å². The number of halogens is 1. The van der Waals surface area contributed by atoms with Crippen molar-refractivity contribution in [3.63, 3.8) is 0 Å². The van der Waals surface area contributed by atoms with E-state index in [1.807, 2.05) is 6.07 Å². The maximum absolute atomic E-state index is 13.3. The van der Waals surface area contributed by atoms with Crippen molar-refractivity contribution in [1.82, 2.24) is 5.32 Å². The highest BCUT2D eigenvalue weighted by molar-refractivity contribution is 5.33. The molecule has 4 heteroatoms. The first-order valence-corrected chi connectivity index (χ1v) is 6.74. The van der Waals surface area contributed by atoms with E-state index in [1.165, 1.54) is 12.1 Å². The van der Waals surface area contributed by atoms with E-state index in [4.69, 9.17) is 10.00 Å². The third kappa shape index (κ3) is 3.76. The summed E-state index contributed by atoms with van der Waals surface area (Å²) in [5, 5.41) is 12.1. The van der Waals surface area contributed by atoms with E-state index in [9.17, 15) is 4.39 Å². The van der Waals surface area contributed by atoms with Crippen LogP contribution in [0.4, 0.5) is 4.39 Å². The Labute approximate surface area is 113 Å². The van der Waals surface area contributed by atoms with Gasteiger partial charge in [-0.1, -0.05) is 6.92 Å². The first-order valence-electron chi connectivity index (χ1n) is 6.74. The van der Waals surface area contributed by atoms with Crippen LogP contribution in [0.1, 0.15) is 30.9 Å². The van der Waals surface area contributed by atoms with Crippen LogP contribution in [-0.2, 0) is 11.3 Å². The first kappa shape index (κ1) is 14.0. The summed E-state index contributed by atoms with van der Waals surface area (Å²) < 4.78 is 18.9. The summed E-state index contributed by atoms with van der Waals surface area (Å²) in [7, 11) is 0. The van der Waals surface area contributed by atoms with Crippen LogP contribution in [-0.4, -0.2) is 19.3 Å². The van der Waals surface area contributed by atoms with Crippen molar-refractivity contribution in [2.75, 3.05) is 13.2 Å². The Morgan fingerprint density at radius 1 is 1.47 bits per heavy atom. The summed E-state index contributed by atoms with van der Waals surface area (Å²) in [6.45, 7) is 4.43. The highest BCUT2D eigenvalue weighted by atomic mass is 19.1. The number of rotatable bonds is 5. The van der Waals surface area contributed by atoms with Crippen molar-refractivity contribution in [2.24, 2.45) is 5.92 Å². The molecule has 0 saturated carbocycles. The van der Waals surface area contributed by atoms with Crippen LogP contribution < -0.4 is 5.32 Å². The van der Waals surface area contributed by atoms with Crippen molar-refractivity contribution < 1.29 is 9.13 Å². The molecule has 1 saturated heterocycles. The molecule has 102 valence electrons.